The predicted octanol–water partition coefficient (Wildman–Crippen LogP) is 5.16. The van der Waals surface area contributed by atoms with Crippen LogP contribution in [-0.4, -0.2) is 29.0 Å². The quantitative estimate of drug-likeness (QED) is 0.694. The van der Waals surface area contributed by atoms with Crippen LogP contribution in [0.1, 0.15) is 31.0 Å². The zero-order valence-electron chi connectivity index (χ0n) is 15.0. The largest absolute Gasteiger partial charge is 0.358 e. The highest BCUT2D eigenvalue weighted by Crippen LogP contribution is 2.26. The molecule has 134 valence electrons. The van der Waals surface area contributed by atoms with Gasteiger partial charge in [-0.3, -0.25) is 0 Å². The Morgan fingerprint density at radius 1 is 1.12 bits per heavy atom. The maximum Gasteiger partial charge on any atom is 0.0991 e. The number of nitrogens with one attached hydrogen (secondary N) is 1. The van der Waals surface area contributed by atoms with Crippen LogP contribution in [-0.2, 0) is 6.42 Å². The maximum atomic E-state index is 8.93. The van der Waals surface area contributed by atoms with Crippen LogP contribution in [0.5, 0.6) is 0 Å². The lowest BCUT2D eigenvalue weighted by Gasteiger charge is -2.20. The Hall–Kier alpha value is -2.28. The summed E-state index contributed by atoms with van der Waals surface area (Å²) >= 11 is 0. The Morgan fingerprint density at radius 2 is 1.88 bits per heavy atom. The molecule has 1 N–H and O–H groups in total. The van der Waals surface area contributed by atoms with E-state index < -0.39 is 0 Å². The number of nitrogens with zero attached hydrogens (tertiary/aromatic N) is 2. The van der Waals surface area contributed by atoms with Crippen LogP contribution < -0.4 is 0 Å². The molecule has 1 atom stereocenters. The van der Waals surface area contributed by atoms with E-state index in [1.165, 1.54) is 41.5 Å². The van der Waals surface area contributed by atoms with E-state index in [1.54, 1.807) is 0 Å². The van der Waals surface area contributed by atoms with Crippen LogP contribution in [0, 0.1) is 11.3 Å². The highest BCUT2D eigenvalue weighted by molar-refractivity contribution is 5.86. The van der Waals surface area contributed by atoms with Gasteiger partial charge in [0.2, 0.25) is 0 Å². The smallest absolute Gasteiger partial charge is 0.0991 e. The Labute approximate surface area is 161 Å². The van der Waals surface area contributed by atoms with Crippen LogP contribution in [0.2, 0.25) is 0 Å². The summed E-state index contributed by atoms with van der Waals surface area (Å²) in [6.45, 7) is 4.71. The number of H-pyrrole nitrogens is 1. The number of fused-ring (bicyclic) bond motifs is 1. The Kier molecular flexibility index (Phi) is 5.66. The van der Waals surface area contributed by atoms with Gasteiger partial charge < -0.3 is 9.88 Å². The van der Waals surface area contributed by atoms with Gasteiger partial charge in [-0.25, -0.2) is 0 Å². The molecule has 2 heterocycles. The summed E-state index contributed by atoms with van der Waals surface area (Å²) in [6.07, 6.45) is 3.74. The van der Waals surface area contributed by atoms with E-state index in [4.69, 9.17) is 5.26 Å². The highest BCUT2D eigenvalue weighted by atomic mass is 35.5. The first-order valence-electron chi connectivity index (χ1n) is 9.09. The van der Waals surface area contributed by atoms with Crippen molar-refractivity contribution in [2.75, 3.05) is 13.1 Å². The first kappa shape index (κ1) is 18.5. The molecule has 26 heavy (non-hydrogen) atoms. The van der Waals surface area contributed by atoms with Crippen molar-refractivity contribution in [3.8, 4) is 17.2 Å². The number of nitriles is 1. The fourth-order valence-electron chi connectivity index (χ4n) is 3.83. The van der Waals surface area contributed by atoms with Gasteiger partial charge in [0.1, 0.15) is 0 Å². The van der Waals surface area contributed by atoms with E-state index >= 15 is 0 Å². The monoisotopic (exact) mass is 365 g/mol. The Morgan fingerprint density at radius 3 is 2.58 bits per heavy atom. The highest BCUT2D eigenvalue weighted by Gasteiger charge is 2.19. The summed E-state index contributed by atoms with van der Waals surface area (Å²) in [4.78, 5) is 6.15. The van der Waals surface area contributed by atoms with Crippen molar-refractivity contribution in [1.29, 1.82) is 5.26 Å². The SMILES string of the molecule is C[C@@H]1CCCN1CCc1cc2cc(-c3ccc(C#N)cc3)ccc2[nH]1.Cl. The number of hydrogen-bond acceptors (Lipinski definition) is 2. The number of hydrogen-bond donors (Lipinski definition) is 1. The lowest BCUT2D eigenvalue weighted by atomic mass is 10.0. The van der Waals surface area contributed by atoms with E-state index in [0.29, 0.717) is 5.56 Å². The lowest BCUT2D eigenvalue weighted by Crippen LogP contribution is -2.29. The Bertz CT molecular complexity index is 921. The number of rotatable bonds is 4. The first-order valence-corrected chi connectivity index (χ1v) is 9.09. The molecule has 1 aliphatic rings. The van der Waals surface area contributed by atoms with E-state index in [1.807, 2.05) is 24.3 Å². The molecule has 1 saturated heterocycles. The van der Waals surface area contributed by atoms with Gasteiger partial charge in [0.15, 0.2) is 0 Å². The topological polar surface area (TPSA) is 42.8 Å². The first-order chi connectivity index (χ1) is 12.2. The van der Waals surface area contributed by atoms with Gasteiger partial charge >= 0.3 is 0 Å². The average molecular weight is 366 g/mol. The molecule has 0 unspecified atom stereocenters. The van der Waals surface area contributed by atoms with Crippen LogP contribution in [0.15, 0.2) is 48.5 Å². The van der Waals surface area contributed by atoms with Crippen molar-refractivity contribution in [2.24, 2.45) is 0 Å². The standard InChI is InChI=1S/C22H23N3.ClH/c1-16-3-2-11-25(16)12-10-21-14-20-13-19(8-9-22(20)24-21)18-6-4-17(15-23)5-7-18;/h4-9,13-14,16,24H,2-3,10-12H2,1H3;1H/t16-;/m1./s1. The van der Waals surface area contributed by atoms with Gasteiger partial charge in [0, 0.05) is 35.6 Å². The van der Waals surface area contributed by atoms with Crippen molar-refractivity contribution >= 4 is 23.3 Å². The minimum atomic E-state index is 0. The van der Waals surface area contributed by atoms with E-state index in [0.717, 1.165) is 24.6 Å². The molecule has 0 bridgehead atoms. The van der Waals surface area contributed by atoms with Crippen LogP contribution >= 0.6 is 12.4 Å². The van der Waals surface area contributed by atoms with E-state index in [9.17, 15) is 0 Å². The third kappa shape index (κ3) is 3.77. The molecule has 0 saturated carbocycles. The third-order valence-electron chi connectivity index (χ3n) is 5.38. The normalized spacial score (nSPS) is 17.2. The van der Waals surface area contributed by atoms with Crippen LogP contribution in [0.4, 0.5) is 0 Å². The number of aromatic amines is 1. The van der Waals surface area contributed by atoms with Gasteiger partial charge in [0.05, 0.1) is 11.6 Å². The molecule has 0 aliphatic carbocycles. The summed E-state index contributed by atoms with van der Waals surface area (Å²) in [6, 6.07) is 19.5. The molecular formula is C22H24ClN3. The molecule has 1 aliphatic heterocycles. The maximum absolute atomic E-state index is 8.93. The average Bonchev–Trinajstić information content (AvgIpc) is 3.24. The summed E-state index contributed by atoms with van der Waals surface area (Å²) < 4.78 is 0. The van der Waals surface area contributed by atoms with Gasteiger partial charge in [0.25, 0.3) is 0 Å². The van der Waals surface area contributed by atoms with Crippen molar-refractivity contribution in [3.05, 3.63) is 59.8 Å². The number of aromatic nitrogens is 1. The molecular weight excluding hydrogens is 342 g/mol. The number of likely N-dealkylation sites (tertiary alicyclic amines) is 1. The van der Waals surface area contributed by atoms with E-state index in [-0.39, 0.29) is 12.4 Å². The lowest BCUT2D eigenvalue weighted by molar-refractivity contribution is 0.271. The van der Waals surface area contributed by atoms with Crippen molar-refractivity contribution < 1.29 is 0 Å². The van der Waals surface area contributed by atoms with Crippen molar-refractivity contribution in [2.45, 2.75) is 32.2 Å². The minimum absolute atomic E-state index is 0. The van der Waals surface area contributed by atoms with Gasteiger partial charge in [-0.1, -0.05) is 18.2 Å². The van der Waals surface area contributed by atoms with Gasteiger partial charge in [-0.15, -0.1) is 12.4 Å². The molecule has 2 aromatic carbocycles. The molecule has 0 amide bonds. The fraction of sp³-hybridized carbons (Fsp3) is 0.318. The summed E-state index contributed by atoms with van der Waals surface area (Å²) in [5.41, 5.74) is 5.54. The minimum Gasteiger partial charge on any atom is -0.358 e. The molecule has 0 spiro atoms. The zero-order chi connectivity index (χ0) is 17.2. The molecule has 0 radical (unpaired) electrons. The third-order valence-corrected chi connectivity index (χ3v) is 5.38. The summed E-state index contributed by atoms with van der Waals surface area (Å²) in [5, 5.41) is 10.2. The predicted molar refractivity (Wildman–Crippen MR) is 110 cm³/mol. The van der Waals surface area contributed by atoms with Gasteiger partial charge in [-0.05, 0) is 67.8 Å². The molecule has 4 rings (SSSR count). The second-order valence-corrected chi connectivity index (χ2v) is 7.06. The second kappa shape index (κ2) is 7.95. The van der Waals surface area contributed by atoms with E-state index in [2.05, 4.69) is 47.1 Å². The van der Waals surface area contributed by atoms with Crippen molar-refractivity contribution in [3.63, 3.8) is 0 Å². The zero-order valence-corrected chi connectivity index (χ0v) is 15.9. The molecule has 4 heteroatoms. The van der Waals surface area contributed by atoms with Gasteiger partial charge in [-0.2, -0.15) is 5.26 Å². The molecule has 3 nitrogen and oxygen atoms in total. The summed E-state index contributed by atoms with van der Waals surface area (Å²) in [7, 11) is 0. The van der Waals surface area contributed by atoms with Crippen LogP contribution in [0.25, 0.3) is 22.0 Å². The summed E-state index contributed by atoms with van der Waals surface area (Å²) in [5.74, 6) is 0. The second-order valence-electron chi connectivity index (χ2n) is 7.06. The van der Waals surface area contributed by atoms with Crippen LogP contribution in [0.3, 0.4) is 0 Å². The Balaban J connectivity index is 0.00000196. The molecule has 3 aromatic rings. The number of halogens is 1. The van der Waals surface area contributed by atoms with Crippen molar-refractivity contribution in [1.82, 2.24) is 9.88 Å². The molecule has 1 fully saturated rings. The number of benzene rings is 2. The fourth-order valence-corrected chi connectivity index (χ4v) is 3.83. The molecule has 1 aromatic heterocycles.